The van der Waals surface area contributed by atoms with Gasteiger partial charge in [-0.05, 0) is 44.1 Å². The van der Waals surface area contributed by atoms with Crippen molar-refractivity contribution in [3.8, 4) is 0 Å². The normalized spacial score (nSPS) is 23.7. The van der Waals surface area contributed by atoms with Crippen LogP contribution in [0.2, 0.25) is 0 Å². The van der Waals surface area contributed by atoms with Crippen LogP contribution in [0.15, 0.2) is 30.3 Å². The Hall–Kier alpha value is -1.59. The van der Waals surface area contributed by atoms with Crippen molar-refractivity contribution >= 4 is 6.03 Å². The number of benzene rings is 1. The summed E-state index contributed by atoms with van der Waals surface area (Å²) >= 11 is 0. The molecular weight excluding hydrogens is 324 g/mol. The molecule has 5 nitrogen and oxygen atoms in total. The summed E-state index contributed by atoms with van der Waals surface area (Å²) in [5.41, 5.74) is 1.37. The summed E-state index contributed by atoms with van der Waals surface area (Å²) in [7, 11) is 0. The van der Waals surface area contributed by atoms with Crippen LogP contribution in [-0.4, -0.2) is 60.1 Å². The number of hydrogen-bond acceptors (Lipinski definition) is 3. The molecule has 26 heavy (non-hydrogen) atoms. The first-order valence-corrected chi connectivity index (χ1v) is 10.3. The molecule has 142 valence electrons. The monoisotopic (exact) mass is 356 g/mol. The smallest absolute Gasteiger partial charge is 0.315 e. The van der Waals surface area contributed by atoms with Crippen molar-refractivity contribution in [3.63, 3.8) is 0 Å². The minimum Gasteiger partial charge on any atom is -0.335 e. The molecule has 3 fully saturated rings. The van der Waals surface area contributed by atoms with Gasteiger partial charge in [0.1, 0.15) is 0 Å². The van der Waals surface area contributed by atoms with Gasteiger partial charge in [0.25, 0.3) is 0 Å². The molecule has 1 aromatic rings. The topological polar surface area (TPSA) is 47.6 Å². The maximum absolute atomic E-state index is 12.3. The highest BCUT2D eigenvalue weighted by atomic mass is 16.2. The predicted molar refractivity (Wildman–Crippen MR) is 104 cm³/mol. The molecule has 0 atom stereocenters. The lowest BCUT2D eigenvalue weighted by Gasteiger charge is -2.34. The second-order valence-electron chi connectivity index (χ2n) is 8.20. The molecule has 3 aliphatic rings. The fraction of sp³-hybridized carbons (Fsp3) is 0.667. The Morgan fingerprint density at radius 3 is 2.00 bits per heavy atom. The van der Waals surface area contributed by atoms with Crippen molar-refractivity contribution in [2.24, 2.45) is 0 Å². The van der Waals surface area contributed by atoms with Gasteiger partial charge in [0.15, 0.2) is 0 Å². The lowest BCUT2D eigenvalue weighted by atomic mass is 10.0. The lowest BCUT2D eigenvalue weighted by Crippen LogP contribution is -2.52. The number of piperidine rings is 2. The summed E-state index contributed by atoms with van der Waals surface area (Å²) < 4.78 is 0. The van der Waals surface area contributed by atoms with Crippen molar-refractivity contribution in [2.75, 3.05) is 26.2 Å². The van der Waals surface area contributed by atoms with E-state index in [-0.39, 0.29) is 6.03 Å². The summed E-state index contributed by atoms with van der Waals surface area (Å²) in [6.45, 7) is 5.42. The van der Waals surface area contributed by atoms with Crippen LogP contribution in [0.4, 0.5) is 4.79 Å². The zero-order chi connectivity index (χ0) is 17.8. The van der Waals surface area contributed by atoms with Crippen molar-refractivity contribution in [1.82, 2.24) is 20.4 Å². The van der Waals surface area contributed by atoms with Crippen molar-refractivity contribution in [1.29, 1.82) is 0 Å². The van der Waals surface area contributed by atoms with E-state index in [4.69, 9.17) is 0 Å². The average molecular weight is 357 g/mol. The first-order chi connectivity index (χ1) is 12.8. The van der Waals surface area contributed by atoms with Gasteiger partial charge < -0.3 is 15.5 Å². The van der Waals surface area contributed by atoms with Crippen LogP contribution in [0.1, 0.15) is 44.1 Å². The molecular formula is C21H32N4O. The fourth-order valence-corrected chi connectivity index (χ4v) is 4.34. The number of nitrogens with zero attached hydrogens (tertiary/aromatic N) is 2. The van der Waals surface area contributed by atoms with Crippen molar-refractivity contribution < 1.29 is 4.79 Å². The van der Waals surface area contributed by atoms with E-state index >= 15 is 0 Å². The second kappa shape index (κ2) is 8.40. The SMILES string of the molecule is O=C(NC1CCN(Cc2ccccc2)CC1)NC1CCN(C2CC2)CC1. The van der Waals surface area contributed by atoms with E-state index in [9.17, 15) is 4.79 Å². The Morgan fingerprint density at radius 1 is 0.846 bits per heavy atom. The largest absolute Gasteiger partial charge is 0.335 e. The van der Waals surface area contributed by atoms with Crippen LogP contribution in [-0.2, 0) is 6.54 Å². The number of hydrogen-bond donors (Lipinski definition) is 2. The van der Waals surface area contributed by atoms with Crippen LogP contribution in [0, 0.1) is 0 Å². The van der Waals surface area contributed by atoms with Crippen LogP contribution in [0.3, 0.4) is 0 Å². The van der Waals surface area contributed by atoms with Gasteiger partial charge in [-0.3, -0.25) is 4.90 Å². The molecule has 0 spiro atoms. The Balaban J connectivity index is 1.13. The molecule has 2 amide bonds. The Labute approximate surface area is 157 Å². The highest BCUT2D eigenvalue weighted by molar-refractivity contribution is 5.74. The maximum atomic E-state index is 12.3. The molecule has 1 aromatic carbocycles. The standard InChI is InChI=1S/C21H32N4O/c26-21(23-19-10-14-25(15-11-19)20-6-7-20)22-18-8-12-24(13-9-18)16-17-4-2-1-3-5-17/h1-5,18-20H,6-16H2,(H2,22,23,26). The third-order valence-corrected chi connectivity index (χ3v) is 6.10. The number of urea groups is 1. The van der Waals surface area contributed by atoms with E-state index in [1.807, 2.05) is 0 Å². The number of amides is 2. The van der Waals surface area contributed by atoms with Crippen LogP contribution < -0.4 is 10.6 Å². The van der Waals surface area contributed by atoms with E-state index in [0.717, 1.165) is 64.4 Å². The number of rotatable bonds is 5. The number of likely N-dealkylation sites (tertiary alicyclic amines) is 2. The first kappa shape index (κ1) is 17.8. The maximum Gasteiger partial charge on any atom is 0.315 e. The summed E-state index contributed by atoms with van der Waals surface area (Å²) in [5, 5.41) is 6.41. The number of carbonyl (C=O) groups excluding carboxylic acids is 1. The molecule has 2 aliphatic heterocycles. The highest BCUT2D eigenvalue weighted by Gasteiger charge is 2.32. The second-order valence-corrected chi connectivity index (χ2v) is 8.20. The summed E-state index contributed by atoms with van der Waals surface area (Å²) in [5.74, 6) is 0. The molecule has 2 saturated heterocycles. The molecule has 4 rings (SSSR count). The average Bonchev–Trinajstić information content (AvgIpc) is 3.50. The van der Waals surface area contributed by atoms with Gasteiger partial charge >= 0.3 is 6.03 Å². The van der Waals surface area contributed by atoms with Gasteiger partial charge in [0, 0.05) is 50.8 Å². The molecule has 0 unspecified atom stereocenters. The van der Waals surface area contributed by atoms with Gasteiger partial charge in [-0.15, -0.1) is 0 Å². The Bertz CT molecular complexity index is 573. The molecule has 0 aromatic heterocycles. The predicted octanol–water partition coefficient (Wildman–Crippen LogP) is 2.58. The van der Waals surface area contributed by atoms with Gasteiger partial charge in [0.2, 0.25) is 0 Å². The molecule has 2 N–H and O–H groups in total. The van der Waals surface area contributed by atoms with E-state index < -0.39 is 0 Å². The molecule has 1 saturated carbocycles. The zero-order valence-corrected chi connectivity index (χ0v) is 15.7. The van der Waals surface area contributed by atoms with E-state index in [2.05, 4.69) is 50.8 Å². The Kier molecular flexibility index (Phi) is 5.75. The quantitative estimate of drug-likeness (QED) is 0.852. The first-order valence-electron chi connectivity index (χ1n) is 10.3. The summed E-state index contributed by atoms with van der Waals surface area (Å²) in [6, 6.07) is 12.2. The van der Waals surface area contributed by atoms with Gasteiger partial charge in [-0.1, -0.05) is 30.3 Å². The third-order valence-electron chi connectivity index (χ3n) is 6.10. The van der Waals surface area contributed by atoms with E-state index in [1.54, 1.807) is 0 Å². The highest BCUT2D eigenvalue weighted by Crippen LogP contribution is 2.29. The third kappa shape index (κ3) is 4.98. The van der Waals surface area contributed by atoms with Crippen molar-refractivity contribution in [2.45, 2.75) is 63.2 Å². The molecule has 0 radical (unpaired) electrons. The molecule has 5 heteroatoms. The van der Waals surface area contributed by atoms with E-state index in [1.165, 1.54) is 18.4 Å². The van der Waals surface area contributed by atoms with Gasteiger partial charge in [-0.2, -0.15) is 0 Å². The van der Waals surface area contributed by atoms with E-state index in [0.29, 0.717) is 12.1 Å². The van der Waals surface area contributed by atoms with Crippen LogP contribution >= 0.6 is 0 Å². The molecule has 0 bridgehead atoms. The number of nitrogens with one attached hydrogen (secondary N) is 2. The molecule has 1 aliphatic carbocycles. The fourth-order valence-electron chi connectivity index (χ4n) is 4.34. The minimum atomic E-state index is 0.0383. The molecule has 2 heterocycles. The van der Waals surface area contributed by atoms with Gasteiger partial charge in [-0.25, -0.2) is 4.79 Å². The van der Waals surface area contributed by atoms with Crippen LogP contribution in [0.5, 0.6) is 0 Å². The number of carbonyl (C=O) groups is 1. The lowest BCUT2D eigenvalue weighted by molar-refractivity contribution is 0.174. The Morgan fingerprint density at radius 2 is 1.42 bits per heavy atom. The van der Waals surface area contributed by atoms with Crippen LogP contribution in [0.25, 0.3) is 0 Å². The minimum absolute atomic E-state index is 0.0383. The summed E-state index contributed by atoms with van der Waals surface area (Å²) in [4.78, 5) is 17.4. The van der Waals surface area contributed by atoms with Crippen molar-refractivity contribution in [3.05, 3.63) is 35.9 Å². The van der Waals surface area contributed by atoms with Gasteiger partial charge in [0.05, 0.1) is 0 Å². The summed E-state index contributed by atoms with van der Waals surface area (Å²) in [6.07, 6.45) is 7.03. The zero-order valence-electron chi connectivity index (χ0n) is 15.7.